The second kappa shape index (κ2) is 5.70. The third-order valence-corrected chi connectivity index (χ3v) is 3.22. The zero-order chi connectivity index (χ0) is 14.8. The van der Waals surface area contributed by atoms with E-state index in [0.29, 0.717) is 6.42 Å². The van der Waals surface area contributed by atoms with Crippen molar-refractivity contribution in [2.24, 2.45) is 5.73 Å². The number of alkyl halides is 3. The highest BCUT2D eigenvalue weighted by molar-refractivity contribution is 5.84. The van der Waals surface area contributed by atoms with Crippen LogP contribution in [0.5, 0.6) is 0 Å². The van der Waals surface area contributed by atoms with Crippen LogP contribution < -0.4 is 11.1 Å². The second-order valence-electron chi connectivity index (χ2n) is 4.74. The highest BCUT2D eigenvalue weighted by atomic mass is 19.4. The van der Waals surface area contributed by atoms with E-state index in [1.165, 1.54) is 12.1 Å². The number of nitrogens with two attached hydrogens (primary N) is 1. The van der Waals surface area contributed by atoms with Crippen LogP contribution in [-0.4, -0.2) is 18.2 Å². The predicted molar refractivity (Wildman–Crippen MR) is 67.2 cm³/mol. The number of benzene rings is 1. The van der Waals surface area contributed by atoms with Gasteiger partial charge in [0.1, 0.15) is 6.10 Å². The maximum atomic E-state index is 12.4. The van der Waals surface area contributed by atoms with Gasteiger partial charge in [0.25, 0.3) is 0 Å². The second-order valence-corrected chi connectivity index (χ2v) is 4.74. The molecule has 1 fully saturated rings. The predicted octanol–water partition coefficient (Wildman–Crippen LogP) is 3.13. The average molecular weight is 288 g/mol. The Bertz CT molecular complexity index is 473. The Morgan fingerprint density at radius 3 is 2.40 bits per heavy atom. The summed E-state index contributed by atoms with van der Waals surface area (Å²) in [6, 6.07) is 3.99. The van der Waals surface area contributed by atoms with Crippen molar-refractivity contribution in [1.29, 1.82) is 0 Å². The van der Waals surface area contributed by atoms with Crippen LogP contribution in [0.25, 0.3) is 0 Å². The van der Waals surface area contributed by atoms with Crippen LogP contribution in [0, 0.1) is 0 Å². The number of halogens is 3. The van der Waals surface area contributed by atoms with Gasteiger partial charge in [0.2, 0.25) is 0 Å². The van der Waals surface area contributed by atoms with Gasteiger partial charge in [-0.25, -0.2) is 4.79 Å². The summed E-state index contributed by atoms with van der Waals surface area (Å²) >= 11 is 0. The van der Waals surface area contributed by atoms with Crippen LogP contribution in [0.15, 0.2) is 24.3 Å². The summed E-state index contributed by atoms with van der Waals surface area (Å²) in [6.45, 7) is 0. The first-order valence-corrected chi connectivity index (χ1v) is 6.27. The number of amides is 1. The minimum atomic E-state index is -4.39. The number of hydrogen-bond donors (Lipinski definition) is 2. The molecule has 0 spiro atoms. The van der Waals surface area contributed by atoms with Gasteiger partial charge in [0, 0.05) is 11.7 Å². The molecule has 7 heteroatoms. The van der Waals surface area contributed by atoms with Crippen molar-refractivity contribution < 1.29 is 22.7 Å². The van der Waals surface area contributed by atoms with E-state index < -0.39 is 17.8 Å². The highest BCUT2D eigenvalue weighted by Crippen LogP contribution is 2.30. The van der Waals surface area contributed by atoms with E-state index in [-0.39, 0.29) is 17.8 Å². The summed E-state index contributed by atoms with van der Waals surface area (Å²) in [5.74, 6) is 0. The number of ether oxygens (including phenoxy) is 1. The fraction of sp³-hybridized carbons (Fsp3) is 0.462. The van der Waals surface area contributed by atoms with Gasteiger partial charge in [-0.15, -0.1) is 0 Å². The standard InChI is InChI=1S/C13H15F3N2O2/c14-13(15,16)8-4-6-9(7-5-8)18-12(19)20-11-3-1-2-10(11)17/h4-7,10-11H,1-3,17H2,(H,18,19). The largest absolute Gasteiger partial charge is 0.444 e. The molecule has 110 valence electrons. The Hall–Kier alpha value is -1.76. The lowest BCUT2D eigenvalue weighted by Crippen LogP contribution is -2.34. The van der Waals surface area contributed by atoms with Gasteiger partial charge < -0.3 is 10.5 Å². The Balaban J connectivity index is 1.91. The maximum absolute atomic E-state index is 12.4. The highest BCUT2D eigenvalue weighted by Gasteiger charge is 2.30. The first-order chi connectivity index (χ1) is 9.36. The lowest BCUT2D eigenvalue weighted by Gasteiger charge is -2.16. The topological polar surface area (TPSA) is 64.3 Å². The number of anilines is 1. The number of rotatable bonds is 2. The Morgan fingerprint density at radius 2 is 1.90 bits per heavy atom. The number of carbonyl (C=O) groups is 1. The Kier molecular flexibility index (Phi) is 4.17. The van der Waals surface area contributed by atoms with E-state index in [1.807, 2.05) is 0 Å². The van der Waals surface area contributed by atoms with Gasteiger partial charge in [0.15, 0.2) is 0 Å². The van der Waals surface area contributed by atoms with E-state index in [4.69, 9.17) is 10.5 Å². The van der Waals surface area contributed by atoms with Crippen molar-refractivity contribution in [2.45, 2.75) is 37.6 Å². The quantitative estimate of drug-likeness (QED) is 0.878. The van der Waals surface area contributed by atoms with Crippen molar-refractivity contribution >= 4 is 11.8 Å². The van der Waals surface area contributed by atoms with Crippen LogP contribution in [0.4, 0.5) is 23.7 Å². The summed E-state index contributed by atoms with van der Waals surface area (Å²) in [5, 5.41) is 2.38. The molecule has 0 saturated heterocycles. The molecule has 1 aromatic carbocycles. The van der Waals surface area contributed by atoms with Gasteiger partial charge in [-0.05, 0) is 43.5 Å². The monoisotopic (exact) mass is 288 g/mol. The third-order valence-electron chi connectivity index (χ3n) is 3.22. The molecule has 2 atom stereocenters. The fourth-order valence-corrected chi connectivity index (χ4v) is 2.13. The third kappa shape index (κ3) is 3.63. The van der Waals surface area contributed by atoms with Gasteiger partial charge >= 0.3 is 12.3 Å². The van der Waals surface area contributed by atoms with E-state index >= 15 is 0 Å². The lowest BCUT2D eigenvalue weighted by atomic mass is 10.2. The molecule has 0 heterocycles. The van der Waals surface area contributed by atoms with Gasteiger partial charge in [-0.3, -0.25) is 5.32 Å². The fourth-order valence-electron chi connectivity index (χ4n) is 2.13. The lowest BCUT2D eigenvalue weighted by molar-refractivity contribution is -0.137. The van der Waals surface area contributed by atoms with Gasteiger partial charge in [-0.1, -0.05) is 0 Å². The number of nitrogens with one attached hydrogen (secondary N) is 1. The van der Waals surface area contributed by atoms with Crippen LogP contribution >= 0.6 is 0 Å². The summed E-state index contributed by atoms with van der Waals surface area (Å²) in [4.78, 5) is 11.6. The molecule has 20 heavy (non-hydrogen) atoms. The van der Waals surface area contributed by atoms with E-state index in [2.05, 4.69) is 5.32 Å². The SMILES string of the molecule is NC1CCCC1OC(=O)Nc1ccc(C(F)(F)F)cc1. The zero-order valence-corrected chi connectivity index (χ0v) is 10.6. The van der Waals surface area contributed by atoms with E-state index in [1.54, 1.807) is 0 Å². The smallest absolute Gasteiger partial charge is 0.416 e. The van der Waals surface area contributed by atoms with Crippen LogP contribution in [0.2, 0.25) is 0 Å². The van der Waals surface area contributed by atoms with E-state index in [0.717, 1.165) is 25.0 Å². The summed E-state index contributed by atoms with van der Waals surface area (Å²) in [6.07, 6.45) is -3.01. The molecule has 3 N–H and O–H groups in total. The van der Waals surface area contributed by atoms with Crippen molar-refractivity contribution in [1.82, 2.24) is 0 Å². The van der Waals surface area contributed by atoms with Crippen molar-refractivity contribution in [2.75, 3.05) is 5.32 Å². The summed E-state index contributed by atoms with van der Waals surface area (Å²) in [5.41, 5.74) is 5.23. The zero-order valence-electron chi connectivity index (χ0n) is 10.6. The molecule has 4 nitrogen and oxygen atoms in total. The minimum absolute atomic E-state index is 0.173. The Labute approximate surface area is 114 Å². The molecule has 1 aliphatic carbocycles. The van der Waals surface area contributed by atoms with Gasteiger partial charge in [-0.2, -0.15) is 13.2 Å². The molecule has 1 aromatic rings. The molecule has 0 radical (unpaired) electrons. The molecule has 2 unspecified atom stereocenters. The molecule has 1 amide bonds. The van der Waals surface area contributed by atoms with Crippen molar-refractivity contribution in [3.8, 4) is 0 Å². The summed E-state index contributed by atoms with van der Waals surface area (Å²) < 4.78 is 42.2. The summed E-state index contributed by atoms with van der Waals surface area (Å²) in [7, 11) is 0. The number of carbonyl (C=O) groups excluding carboxylic acids is 1. The molecular weight excluding hydrogens is 273 g/mol. The molecule has 0 aromatic heterocycles. The van der Waals surface area contributed by atoms with E-state index in [9.17, 15) is 18.0 Å². The molecule has 1 saturated carbocycles. The maximum Gasteiger partial charge on any atom is 0.416 e. The number of hydrogen-bond acceptors (Lipinski definition) is 3. The molecule has 0 aliphatic heterocycles. The van der Waals surface area contributed by atoms with Crippen molar-refractivity contribution in [3.63, 3.8) is 0 Å². The van der Waals surface area contributed by atoms with Gasteiger partial charge in [0.05, 0.1) is 5.56 Å². The molecule has 0 bridgehead atoms. The molecule has 2 rings (SSSR count). The average Bonchev–Trinajstić information content (AvgIpc) is 2.74. The van der Waals surface area contributed by atoms with Crippen LogP contribution in [0.1, 0.15) is 24.8 Å². The Morgan fingerprint density at radius 1 is 1.25 bits per heavy atom. The molecular formula is C13H15F3N2O2. The molecule has 1 aliphatic rings. The van der Waals surface area contributed by atoms with Crippen LogP contribution in [0.3, 0.4) is 0 Å². The minimum Gasteiger partial charge on any atom is -0.444 e. The van der Waals surface area contributed by atoms with Crippen LogP contribution in [-0.2, 0) is 10.9 Å². The van der Waals surface area contributed by atoms with Crippen molar-refractivity contribution in [3.05, 3.63) is 29.8 Å². The first-order valence-electron chi connectivity index (χ1n) is 6.27. The normalized spacial score (nSPS) is 22.6. The first kappa shape index (κ1) is 14.6.